The average molecular weight is 363 g/mol. The lowest BCUT2D eigenvalue weighted by atomic mass is 10.1. The Kier molecular flexibility index (Phi) is 3.72. The van der Waals surface area contributed by atoms with Crippen LogP contribution in [0.1, 0.15) is 0 Å². The number of pyridine rings is 1. The van der Waals surface area contributed by atoms with Crippen molar-refractivity contribution < 1.29 is 14.1 Å². The predicted octanol–water partition coefficient (Wildman–Crippen LogP) is 4.84. The molecule has 5 nitrogen and oxygen atoms in total. The van der Waals surface area contributed by atoms with Crippen LogP contribution in [0, 0.1) is 15.9 Å². The minimum absolute atomic E-state index is 0.0352. The lowest BCUT2D eigenvalue weighted by Gasteiger charge is -2.08. The molecule has 0 aliphatic rings. The molecule has 1 aromatic heterocycles. The Hall–Kier alpha value is -2.54. The highest BCUT2D eigenvalue weighted by Crippen LogP contribution is 2.33. The SMILES string of the molecule is O=[N+]([O-])c1ccc(Oc2nccc3c(Br)cc(F)cc23)cc1. The van der Waals surface area contributed by atoms with Gasteiger partial charge in [0.2, 0.25) is 5.88 Å². The zero-order valence-electron chi connectivity index (χ0n) is 11.0. The van der Waals surface area contributed by atoms with Gasteiger partial charge in [0.25, 0.3) is 5.69 Å². The van der Waals surface area contributed by atoms with E-state index in [-0.39, 0.29) is 11.6 Å². The minimum atomic E-state index is -0.494. The van der Waals surface area contributed by atoms with Crippen molar-refractivity contribution >= 4 is 32.4 Å². The van der Waals surface area contributed by atoms with E-state index in [9.17, 15) is 14.5 Å². The number of rotatable bonds is 3. The number of fused-ring (bicyclic) bond motifs is 1. The Morgan fingerprint density at radius 1 is 1.14 bits per heavy atom. The average Bonchev–Trinajstić information content (AvgIpc) is 2.48. The number of hydrogen-bond acceptors (Lipinski definition) is 4. The first-order valence-corrected chi connectivity index (χ1v) is 7.00. The molecule has 0 spiro atoms. The molecule has 0 unspecified atom stereocenters. The third kappa shape index (κ3) is 2.75. The summed E-state index contributed by atoms with van der Waals surface area (Å²) in [5, 5.41) is 11.9. The second kappa shape index (κ2) is 5.69. The number of aromatic nitrogens is 1. The van der Waals surface area contributed by atoms with Crippen LogP contribution in [0.5, 0.6) is 11.6 Å². The number of nitro groups is 1. The molecule has 1 heterocycles. The molecule has 0 atom stereocenters. The molecule has 0 aliphatic heterocycles. The maximum atomic E-state index is 13.6. The fourth-order valence-electron chi connectivity index (χ4n) is 2.01. The van der Waals surface area contributed by atoms with Crippen molar-refractivity contribution in [2.75, 3.05) is 0 Å². The van der Waals surface area contributed by atoms with Gasteiger partial charge in [0, 0.05) is 33.6 Å². The normalized spacial score (nSPS) is 10.6. The van der Waals surface area contributed by atoms with Gasteiger partial charge < -0.3 is 4.74 Å². The number of benzene rings is 2. The third-order valence-electron chi connectivity index (χ3n) is 3.02. The zero-order valence-corrected chi connectivity index (χ0v) is 12.6. The summed E-state index contributed by atoms with van der Waals surface area (Å²) < 4.78 is 19.8. The molecule has 0 saturated carbocycles. The first-order chi connectivity index (χ1) is 10.5. The monoisotopic (exact) mass is 362 g/mol. The first kappa shape index (κ1) is 14.4. The highest BCUT2D eigenvalue weighted by Gasteiger charge is 2.11. The zero-order chi connectivity index (χ0) is 15.7. The minimum Gasteiger partial charge on any atom is -0.438 e. The van der Waals surface area contributed by atoms with Crippen LogP contribution in [0.3, 0.4) is 0 Å². The third-order valence-corrected chi connectivity index (χ3v) is 3.68. The van der Waals surface area contributed by atoms with E-state index in [0.29, 0.717) is 15.6 Å². The number of halogens is 2. The molecular formula is C15H8BrFN2O3. The summed E-state index contributed by atoms with van der Waals surface area (Å²) >= 11 is 3.29. The van der Waals surface area contributed by atoms with E-state index in [0.717, 1.165) is 5.39 Å². The second-order valence-electron chi connectivity index (χ2n) is 4.45. The van der Waals surface area contributed by atoms with Crippen LogP contribution in [-0.4, -0.2) is 9.91 Å². The van der Waals surface area contributed by atoms with Crippen LogP contribution in [0.2, 0.25) is 0 Å². The first-order valence-electron chi connectivity index (χ1n) is 6.20. The maximum absolute atomic E-state index is 13.6. The quantitative estimate of drug-likeness (QED) is 0.494. The van der Waals surface area contributed by atoms with Gasteiger partial charge in [-0.1, -0.05) is 15.9 Å². The summed E-state index contributed by atoms with van der Waals surface area (Å²) in [5.41, 5.74) is -0.0352. The molecule has 0 amide bonds. The molecule has 2 aromatic carbocycles. The van der Waals surface area contributed by atoms with Gasteiger partial charge in [-0.05, 0) is 30.3 Å². The summed E-state index contributed by atoms with van der Waals surface area (Å²) in [5.74, 6) is 0.193. The Balaban J connectivity index is 2.02. The van der Waals surface area contributed by atoms with Crippen LogP contribution in [0.4, 0.5) is 10.1 Å². The lowest BCUT2D eigenvalue weighted by Crippen LogP contribution is -1.92. The van der Waals surface area contributed by atoms with Gasteiger partial charge in [0.1, 0.15) is 11.6 Å². The Labute approximate surface area is 132 Å². The van der Waals surface area contributed by atoms with Crippen molar-refractivity contribution in [2.45, 2.75) is 0 Å². The summed E-state index contributed by atoms with van der Waals surface area (Å²) in [6.45, 7) is 0. The highest BCUT2D eigenvalue weighted by molar-refractivity contribution is 9.10. The van der Waals surface area contributed by atoms with E-state index in [1.54, 1.807) is 12.3 Å². The molecule has 0 fully saturated rings. The van der Waals surface area contributed by atoms with Crippen LogP contribution in [0.15, 0.2) is 53.1 Å². The van der Waals surface area contributed by atoms with E-state index in [4.69, 9.17) is 4.74 Å². The molecule has 0 radical (unpaired) electrons. The topological polar surface area (TPSA) is 65.3 Å². The van der Waals surface area contributed by atoms with Gasteiger partial charge in [-0.15, -0.1) is 0 Å². The van der Waals surface area contributed by atoms with Crippen molar-refractivity contribution in [1.29, 1.82) is 0 Å². The van der Waals surface area contributed by atoms with Crippen molar-refractivity contribution in [2.24, 2.45) is 0 Å². The number of non-ortho nitro benzene ring substituents is 1. The van der Waals surface area contributed by atoms with Crippen LogP contribution in [-0.2, 0) is 0 Å². The number of hydrogen-bond donors (Lipinski definition) is 0. The van der Waals surface area contributed by atoms with Crippen LogP contribution < -0.4 is 4.74 Å². The Morgan fingerprint density at radius 2 is 1.86 bits per heavy atom. The summed E-state index contributed by atoms with van der Waals surface area (Å²) in [7, 11) is 0. The van der Waals surface area contributed by atoms with Gasteiger partial charge >= 0.3 is 0 Å². The smallest absolute Gasteiger partial charge is 0.269 e. The largest absolute Gasteiger partial charge is 0.438 e. The van der Waals surface area contributed by atoms with Gasteiger partial charge in [0.05, 0.1) is 4.92 Å². The summed E-state index contributed by atoms with van der Waals surface area (Å²) in [6.07, 6.45) is 1.55. The van der Waals surface area contributed by atoms with E-state index >= 15 is 0 Å². The highest BCUT2D eigenvalue weighted by atomic mass is 79.9. The Bertz CT molecular complexity index is 869. The van der Waals surface area contributed by atoms with Gasteiger partial charge in [-0.2, -0.15) is 0 Å². The van der Waals surface area contributed by atoms with Crippen molar-refractivity contribution in [3.05, 3.63) is 69.1 Å². The van der Waals surface area contributed by atoms with E-state index in [2.05, 4.69) is 20.9 Å². The lowest BCUT2D eigenvalue weighted by molar-refractivity contribution is -0.384. The van der Waals surface area contributed by atoms with E-state index in [1.807, 2.05) is 0 Å². The molecule has 0 saturated heterocycles. The number of nitrogens with zero attached hydrogens (tertiary/aromatic N) is 2. The van der Waals surface area contributed by atoms with Crippen LogP contribution in [0.25, 0.3) is 10.8 Å². The molecule has 110 valence electrons. The number of ether oxygens (including phenoxy) is 1. The van der Waals surface area contributed by atoms with Crippen LogP contribution >= 0.6 is 15.9 Å². The van der Waals surface area contributed by atoms with Gasteiger partial charge in [-0.25, -0.2) is 9.37 Å². The molecule has 0 N–H and O–H groups in total. The maximum Gasteiger partial charge on any atom is 0.269 e. The fourth-order valence-corrected chi connectivity index (χ4v) is 2.57. The molecule has 22 heavy (non-hydrogen) atoms. The molecule has 0 bridgehead atoms. The van der Waals surface area contributed by atoms with Crippen molar-refractivity contribution in [3.8, 4) is 11.6 Å². The predicted molar refractivity (Wildman–Crippen MR) is 82.6 cm³/mol. The Morgan fingerprint density at radius 3 is 2.55 bits per heavy atom. The van der Waals surface area contributed by atoms with E-state index < -0.39 is 10.7 Å². The van der Waals surface area contributed by atoms with Gasteiger partial charge in [0.15, 0.2) is 0 Å². The fraction of sp³-hybridized carbons (Fsp3) is 0. The summed E-state index contributed by atoms with van der Waals surface area (Å²) in [4.78, 5) is 14.2. The number of nitro benzene ring substituents is 1. The van der Waals surface area contributed by atoms with Crippen molar-refractivity contribution in [1.82, 2.24) is 4.98 Å². The summed E-state index contributed by atoms with van der Waals surface area (Å²) in [6, 6.07) is 10.0. The van der Waals surface area contributed by atoms with Gasteiger partial charge in [-0.3, -0.25) is 10.1 Å². The second-order valence-corrected chi connectivity index (χ2v) is 5.31. The standard InChI is InChI=1S/C15H8BrFN2O3/c16-14-8-9(17)7-13-12(14)5-6-18-15(13)22-11-3-1-10(2-4-11)19(20)21/h1-8H. The van der Waals surface area contributed by atoms with Crippen molar-refractivity contribution in [3.63, 3.8) is 0 Å². The molecular weight excluding hydrogens is 355 g/mol. The molecule has 3 aromatic rings. The molecule has 3 rings (SSSR count). The van der Waals surface area contributed by atoms with E-state index in [1.165, 1.54) is 36.4 Å². The molecule has 7 heteroatoms. The molecule has 0 aliphatic carbocycles.